The molecule has 1 saturated carbocycles. The lowest BCUT2D eigenvalue weighted by Gasteiger charge is -2.44. The molecule has 0 bridgehead atoms. The van der Waals surface area contributed by atoms with Gasteiger partial charge in [0.15, 0.2) is 0 Å². The molecule has 1 fully saturated rings. The van der Waals surface area contributed by atoms with Crippen molar-refractivity contribution in [2.24, 2.45) is 11.3 Å². The Balaban J connectivity index is 2.13. The Morgan fingerprint density at radius 3 is 2.76 bits per heavy atom. The Hall–Kier alpha value is -0.890. The standard InChI is InChI=1S/C15H23NO/c1-12-7-14(2,3)11-15(17,8-12)9-13-5-4-6-16-10-13/h4-6,10,12,17H,7-9,11H2,1-3H3. The molecule has 1 aromatic rings. The van der Waals surface area contributed by atoms with Gasteiger partial charge < -0.3 is 5.11 Å². The van der Waals surface area contributed by atoms with Crippen molar-refractivity contribution in [1.29, 1.82) is 0 Å². The van der Waals surface area contributed by atoms with Crippen LogP contribution in [0.3, 0.4) is 0 Å². The molecule has 0 amide bonds. The van der Waals surface area contributed by atoms with E-state index in [1.165, 1.54) is 6.42 Å². The molecule has 0 saturated heterocycles. The molecule has 0 aromatic carbocycles. The lowest BCUT2D eigenvalue weighted by molar-refractivity contribution is -0.0575. The van der Waals surface area contributed by atoms with Crippen molar-refractivity contribution in [1.82, 2.24) is 4.98 Å². The highest BCUT2D eigenvalue weighted by atomic mass is 16.3. The van der Waals surface area contributed by atoms with Crippen LogP contribution in [0.1, 0.15) is 45.6 Å². The van der Waals surface area contributed by atoms with Crippen molar-refractivity contribution < 1.29 is 5.11 Å². The highest BCUT2D eigenvalue weighted by molar-refractivity contribution is 5.13. The van der Waals surface area contributed by atoms with Crippen LogP contribution in [0.25, 0.3) is 0 Å². The van der Waals surface area contributed by atoms with E-state index in [1.807, 2.05) is 12.3 Å². The molecule has 0 radical (unpaired) electrons. The number of rotatable bonds is 2. The van der Waals surface area contributed by atoms with Crippen LogP contribution >= 0.6 is 0 Å². The second-order valence-corrected chi connectivity index (χ2v) is 6.62. The lowest BCUT2D eigenvalue weighted by Crippen LogP contribution is -2.43. The van der Waals surface area contributed by atoms with Crippen molar-refractivity contribution in [3.05, 3.63) is 30.1 Å². The Morgan fingerprint density at radius 2 is 2.18 bits per heavy atom. The SMILES string of the molecule is CC1CC(C)(C)CC(O)(Cc2cccnc2)C1. The molecule has 1 aliphatic carbocycles. The average molecular weight is 233 g/mol. The van der Waals surface area contributed by atoms with E-state index in [0.29, 0.717) is 5.92 Å². The molecule has 2 heteroatoms. The molecule has 2 rings (SSSR count). The van der Waals surface area contributed by atoms with Crippen molar-refractivity contribution in [2.45, 2.75) is 52.1 Å². The smallest absolute Gasteiger partial charge is 0.0696 e. The van der Waals surface area contributed by atoms with Crippen LogP contribution in [0, 0.1) is 11.3 Å². The summed E-state index contributed by atoms with van der Waals surface area (Å²) in [6.45, 7) is 6.77. The Kier molecular flexibility index (Phi) is 3.26. The largest absolute Gasteiger partial charge is 0.390 e. The Bertz CT molecular complexity index is 374. The molecular weight excluding hydrogens is 210 g/mol. The molecule has 1 N–H and O–H groups in total. The first-order valence-electron chi connectivity index (χ1n) is 6.50. The summed E-state index contributed by atoms with van der Waals surface area (Å²) in [6, 6.07) is 3.99. The van der Waals surface area contributed by atoms with E-state index in [0.717, 1.165) is 24.8 Å². The van der Waals surface area contributed by atoms with Gasteiger partial charge in [-0.05, 0) is 42.2 Å². The van der Waals surface area contributed by atoms with Gasteiger partial charge in [0.1, 0.15) is 0 Å². The second kappa shape index (κ2) is 4.41. The van der Waals surface area contributed by atoms with E-state index in [4.69, 9.17) is 0 Å². The summed E-state index contributed by atoms with van der Waals surface area (Å²) in [7, 11) is 0. The fourth-order valence-corrected chi connectivity index (χ4v) is 3.72. The number of aliphatic hydroxyl groups is 1. The van der Waals surface area contributed by atoms with Gasteiger partial charge in [-0.25, -0.2) is 0 Å². The molecular formula is C15H23NO. The summed E-state index contributed by atoms with van der Waals surface area (Å²) >= 11 is 0. The van der Waals surface area contributed by atoms with Gasteiger partial charge in [0.25, 0.3) is 0 Å². The topological polar surface area (TPSA) is 33.1 Å². The maximum absolute atomic E-state index is 10.8. The Labute approximate surface area is 104 Å². The van der Waals surface area contributed by atoms with Crippen LogP contribution in [0.2, 0.25) is 0 Å². The zero-order valence-corrected chi connectivity index (χ0v) is 11.1. The van der Waals surface area contributed by atoms with Crippen LogP contribution in [-0.2, 0) is 6.42 Å². The molecule has 94 valence electrons. The van der Waals surface area contributed by atoms with Gasteiger partial charge in [-0.3, -0.25) is 4.98 Å². The predicted octanol–water partition coefficient (Wildman–Crippen LogP) is 3.20. The van der Waals surface area contributed by atoms with Crippen molar-refractivity contribution in [3.8, 4) is 0 Å². The fraction of sp³-hybridized carbons (Fsp3) is 0.667. The first-order chi connectivity index (χ1) is 7.89. The summed E-state index contributed by atoms with van der Waals surface area (Å²) in [5.74, 6) is 0.598. The summed E-state index contributed by atoms with van der Waals surface area (Å²) in [5.41, 5.74) is 0.832. The maximum atomic E-state index is 10.8. The average Bonchev–Trinajstić information content (AvgIpc) is 2.13. The molecule has 1 aliphatic rings. The number of nitrogens with zero attached hydrogens (tertiary/aromatic N) is 1. The highest BCUT2D eigenvalue weighted by Crippen LogP contribution is 2.44. The third-order valence-electron chi connectivity index (χ3n) is 3.69. The van der Waals surface area contributed by atoms with Gasteiger partial charge in [-0.1, -0.05) is 26.8 Å². The molecule has 0 spiro atoms. The summed E-state index contributed by atoms with van der Waals surface area (Å²) < 4.78 is 0. The van der Waals surface area contributed by atoms with Crippen LogP contribution in [-0.4, -0.2) is 15.7 Å². The number of aromatic nitrogens is 1. The third-order valence-corrected chi connectivity index (χ3v) is 3.69. The lowest BCUT2D eigenvalue weighted by atomic mass is 9.64. The normalized spacial score (nSPS) is 32.4. The first kappa shape index (κ1) is 12.6. The van der Waals surface area contributed by atoms with Crippen LogP contribution in [0.4, 0.5) is 0 Å². The number of pyridine rings is 1. The molecule has 2 unspecified atom stereocenters. The van der Waals surface area contributed by atoms with E-state index in [1.54, 1.807) is 6.20 Å². The molecule has 1 aromatic heterocycles. The molecule has 17 heavy (non-hydrogen) atoms. The van der Waals surface area contributed by atoms with Crippen molar-refractivity contribution in [3.63, 3.8) is 0 Å². The highest BCUT2D eigenvalue weighted by Gasteiger charge is 2.41. The van der Waals surface area contributed by atoms with Crippen LogP contribution in [0.5, 0.6) is 0 Å². The third kappa shape index (κ3) is 3.29. The molecule has 0 aliphatic heterocycles. The molecule has 2 atom stereocenters. The van der Waals surface area contributed by atoms with E-state index in [9.17, 15) is 5.11 Å². The zero-order chi connectivity index (χ0) is 12.5. The first-order valence-corrected chi connectivity index (χ1v) is 6.50. The molecule has 2 nitrogen and oxygen atoms in total. The van der Waals surface area contributed by atoms with Gasteiger partial charge in [-0.2, -0.15) is 0 Å². The minimum atomic E-state index is -0.551. The number of hydrogen-bond acceptors (Lipinski definition) is 2. The van der Waals surface area contributed by atoms with Gasteiger partial charge in [0, 0.05) is 18.8 Å². The summed E-state index contributed by atoms with van der Waals surface area (Å²) in [4.78, 5) is 4.13. The van der Waals surface area contributed by atoms with E-state index in [-0.39, 0.29) is 5.41 Å². The van der Waals surface area contributed by atoms with Gasteiger partial charge in [0.2, 0.25) is 0 Å². The van der Waals surface area contributed by atoms with Crippen molar-refractivity contribution in [2.75, 3.05) is 0 Å². The van der Waals surface area contributed by atoms with Crippen LogP contribution < -0.4 is 0 Å². The van der Waals surface area contributed by atoms with E-state index in [2.05, 4.69) is 31.8 Å². The van der Waals surface area contributed by atoms with Gasteiger partial charge >= 0.3 is 0 Å². The fourth-order valence-electron chi connectivity index (χ4n) is 3.72. The molecule has 1 heterocycles. The minimum Gasteiger partial charge on any atom is -0.390 e. The van der Waals surface area contributed by atoms with E-state index >= 15 is 0 Å². The quantitative estimate of drug-likeness (QED) is 0.851. The summed E-state index contributed by atoms with van der Waals surface area (Å²) in [5, 5.41) is 10.8. The van der Waals surface area contributed by atoms with Gasteiger partial charge in [0.05, 0.1) is 5.60 Å². The van der Waals surface area contributed by atoms with Gasteiger partial charge in [-0.15, -0.1) is 0 Å². The van der Waals surface area contributed by atoms with Crippen molar-refractivity contribution >= 4 is 0 Å². The van der Waals surface area contributed by atoms with Crippen LogP contribution in [0.15, 0.2) is 24.5 Å². The Morgan fingerprint density at radius 1 is 1.41 bits per heavy atom. The summed E-state index contributed by atoms with van der Waals surface area (Å²) in [6.07, 6.45) is 7.38. The zero-order valence-electron chi connectivity index (χ0n) is 11.1. The monoisotopic (exact) mass is 233 g/mol. The van der Waals surface area contributed by atoms with E-state index < -0.39 is 5.60 Å². The maximum Gasteiger partial charge on any atom is 0.0696 e. The predicted molar refractivity (Wildman–Crippen MR) is 69.7 cm³/mol. The second-order valence-electron chi connectivity index (χ2n) is 6.62. The number of hydrogen-bond donors (Lipinski definition) is 1. The minimum absolute atomic E-state index is 0.245.